The topological polar surface area (TPSA) is 42.4 Å². The Bertz CT molecular complexity index is 325. The highest BCUT2D eigenvalue weighted by Crippen LogP contribution is 2.21. The van der Waals surface area contributed by atoms with Crippen LogP contribution < -0.4 is 0 Å². The quantitative estimate of drug-likeness (QED) is 0.879. The lowest BCUT2D eigenvalue weighted by Crippen LogP contribution is -2.19. The van der Waals surface area contributed by atoms with Gasteiger partial charge in [-0.2, -0.15) is 0 Å². The van der Waals surface area contributed by atoms with Gasteiger partial charge in [0, 0.05) is 17.9 Å². The molecule has 1 aromatic heterocycles. The molecular formula is C12H19NO2S. The Kier molecular flexibility index (Phi) is 3.95. The molecule has 1 fully saturated rings. The molecule has 1 aliphatic rings. The highest BCUT2D eigenvalue weighted by Gasteiger charge is 2.20. The zero-order valence-electron chi connectivity index (χ0n) is 9.90. The Morgan fingerprint density at radius 2 is 2.38 bits per heavy atom. The summed E-state index contributed by atoms with van der Waals surface area (Å²) in [4.78, 5) is 5.69. The summed E-state index contributed by atoms with van der Waals surface area (Å²) in [6.07, 6.45) is 3.58. The first-order valence-corrected chi connectivity index (χ1v) is 6.69. The van der Waals surface area contributed by atoms with E-state index in [1.165, 1.54) is 4.88 Å². The number of rotatable bonds is 4. The first-order chi connectivity index (χ1) is 7.65. The van der Waals surface area contributed by atoms with Crippen molar-refractivity contribution in [1.82, 2.24) is 4.98 Å². The molecule has 2 unspecified atom stereocenters. The van der Waals surface area contributed by atoms with Crippen LogP contribution >= 0.6 is 11.3 Å². The smallest absolute Gasteiger partial charge is 0.0956 e. The molecule has 16 heavy (non-hydrogen) atoms. The summed E-state index contributed by atoms with van der Waals surface area (Å²) in [7, 11) is 0. The molecule has 4 heteroatoms. The maximum atomic E-state index is 9.95. The van der Waals surface area contributed by atoms with Crippen molar-refractivity contribution in [2.75, 3.05) is 6.61 Å². The number of aliphatic hydroxyl groups excluding tert-OH is 1. The van der Waals surface area contributed by atoms with E-state index < -0.39 is 0 Å². The average Bonchev–Trinajstić information content (AvgIpc) is 2.78. The van der Waals surface area contributed by atoms with Crippen LogP contribution in [-0.4, -0.2) is 28.9 Å². The Labute approximate surface area is 100 Å². The van der Waals surface area contributed by atoms with Crippen LogP contribution in [-0.2, 0) is 11.2 Å². The number of hydrogen-bond acceptors (Lipinski definition) is 4. The molecular weight excluding hydrogens is 222 g/mol. The van der Waals surface area contributed by atoms with Gasteiger partial charge >= 0.3 is 0 Å². The number of thiazole rings is 1. The van der Waals surface area contributed by atoms with Gasteiger partial charge in [-0.1, -0.05) is 0 Å². The summed E-state index contributed by atoms with van der Waals surface area (Å²) in [5, 5.41) is 11.0. The predicted molar refractivity (Wildman–Crippen MR) is 64.9 cm³/mol. The Balaban J connectivity index is 1.84. The van der Waals surface area contributed by atoms with E-state index in [2.05, 4.69) is 11.9 Å². The molecule has 3 nitrogen and oxygen atoms in total. The summed E-state index contributed by atoms with van der Waals surface area (Å²) in [6.45, 7) is 4.94. The number of aryl methyl sites for hydroxylation is 2. The molecule has 1 saturated heterocycles. The molecule has 0 bridgehead atoms. The standard InChI is InChI=1S/C12H19NO2S/c1-8-9(2)16-12(13-8)7-10(14)6-11-4-3-5-15-11/h10-11,14H,3-7H2,1-2H3. The van der Waals surface area contributed by atoms with Crippen LogP contribution in [0.3, 0.4) is 0 Å². The monoisotopic (exact) mass is 241 g/mol. The lowest BCUT2D eigenvalue weighted by Gasteiger charge is -2.13. The Morgan fingerprint density at radius 1 is 1.56 bits per heavy atom. The van der Waals surface area contributed by atoms with Crippen LogP contribution in [0.5, 0.6) is 0 Å². The highest BCUT2D eigenvalue weighted by atomic mass is 32.1. The van der Waals surface area contributed by atoms with Gasteiger partial charge < -0.3 is 9.84 Å². The van der Waals surface area contributed by atoms with E-state index >= 15 is 0 Å². The molecule has 2 rings (SSSR count). The van der Waals surface area contributed by atoms with Gasteiger partial charge in [-0.15, -0.1) is 11.3 Å². The SMILES string of the molecule is Cc1nc(CC(O)CC2CCCO2)sc1C. The van der Waals surface area contributed by atoms with Crippen molar-refractivity contribution in [2.24, 2.45) is 0 Å². The molecule has 0 radical (unpaired) electrons. The third-order valence-corrected chi connectivity index (χ3v) is 4.14. The Hall–Kier alpha value is -0.450. The zero-order valence-corrected chi connectivity index (χ0v) is 10.7. The molecule has 1 N–H and O–H groups in total. The maximum Gasteiger partial charge on any atom is 0.0956 e. The maximum absolute atomic E-state index is 9.95. The van der Waals surface area contributed by atoms with Gasteiger partial charge in [-0.3, -0.25) is 0 Å². The second kappa shape index (κ2) is 5.25. The number of aromatic nitrogens is 1. The second-order valence-electron chi connectivity index (χ2n) is 4.48. The van der Waals surface area contributed by atoms with Gasteiger partial charge in [0.1, 0.15) is 0 Å². The van der Waals surface area contributed by atoms with Crippen LogP contribution in [0.25, 0.3) is 0 Å². The molecule has 0 aromatic carbocycles. The first kappa shape index (κ1) is 12.0. The van der Waals surface area contributed by atoms with Crippen molar-refractivity contribution in [3.63, 3.8) is 0 Å². The van der Waals surface area contributed by atoms with E-state index in [0.29, 0.717) is 6.42 Å². The molecule has 2 heterocycles. The van der Waals surface area contributed by atoms with Crippen molar-refractivity contribution in [2.45, 2.75) is 51.7 Å². The van der Waals surface area contributed by atoms with Crippen molar-refractivity contribution in [3.8, 4) is 0 Å². The van der Waals surface area contributed by atoms with Gasteiger partial charge in [-0.05, 0) is 33.1 Å². The number of nitrogens with zero attached hydrogens (tertiary/aromatic N) is 1. The van der Waals surface area contributed by atoms with Crippen molar-refractivity contribution >= 4 is 11.3 Å². The highest BCUT2D eigenvalue weighted by molar-refractivity contribution is 7.11. The lowest BCUT2D eigenvalue weighted by molar-refractivity contribution is 0.0540. The van der Waals surface area contributed by atoms with Crippen molar-refractivity contribution < 1.29 is 9.84 Å². The Morgan fingerprint density at radius 3 is 2.94 bits per heavy atom. The third-order valence-electron chi connectivity index (χ3n) is 3.04. The lowest BCUT2D eigenvalue weighted by atomic mass is 10.1. The summed E-state index contributed by atoms with van der Waals surface area (Å²) in [5.41, 5.74) is 1.09. The van der Waals surface area contributed by atoms with E-state index in [0.717, 1.165) is 36.6 Å². The fourth-order valence-corrected chi connectivity index (χ4v) is 3.05. The molecule has 1 aromatic rings. The molecule has 0 aliphatic carbocycles. The molecule has 0 spiro atoms. The summed E-state index contributed by atoms with van der Waals surface area (Å²) >= 11 is 1.69. The van der Waals surface area contributed by atoms with Crippen molar-refractivity contribution in [1.29, 1.82) is 0 Å². The normalized spacial score (nSPS) is 22.6. The second-order valence-corrected chi connectivity index (χ2v) is 5.77. The largest absolute Gasteiger partial charge is 0.393 e. The molecule has 0 amide bonds. The van der Waals surface area contributed by atoms with E-state index in [1.807, 2.05) is 6.92 Å². The molecule has 2 atom stereocenters. The predicted octanol–water partition coefficient (Wildman–Crippen LogP) is 2.23. The number of hydrogen-bond donors (Lipinski definition) is 1. The van der Waals surface area contributed by atoms with Crippen LogP contribution in [0.15, 0.2) is 0 Å². The minimum Gasteiger partial charge on any atom is -0.393 e. The summed E-state index contributed by atoms with van der Waals surface area (Å²) in [6, 6.07) is 0. The van der Waals surface area contributed by atoms with E-state index in [1.54, 1.807) is 11.3 Å². The number of ether oxygens (including phenoxy) is 1. The minimum atomic E-state index is -0.312. The van der Waals surface area contributed by atoms with Crippen LogP contribution in [0.4, 0.5) is 0 Å². The average molecular weight is 241 g/mol. The van der Waals surface area contributed by atoms with Crippen LogP contribution in [0.2, 0.25) is 0 Å². The fraction of sp³-hybridized carbons (Fsp3) is 0.750. The van der Waals surface area contributed by atoms with Crippen LogP contribution in [0.1, 0.15) is 34.8 Å². The molecule has 1 aliphatic heterocycles. The van der Waals surface area contributed by atoms with E-state index in [4.69, 9.17) is 4.74 Å². The molecule has 90 valence electrons. The van der Waals surface area contributed by atoms with Gasteiger partial charge in [0.2, 0.25) is 0 Å². The van der Waals surface area contributed by atoms with Gasteiger partial charge in [-0.25, -0.2) is 4.98 Å². The van der Waals surface area contributed by atoms with Gasteiger partial charge in [0.05, 0.1) is 22.9 Å². The van der Waals surface area contributed by atoms with Gasteiger partial charge in [0.25, 0.3) is 0 Å². The van der Waals surface area contributed by atoms with Crippen LogP contribution in [0, 0.1) is 13.8 Å². The van der Waals surface area contributed by atoms with Crippen molar-refractivity contribution in [3.05, 3.63) is 15.6 Å². The zero-order chi connectivity index (χ0) is 11.5. The van der Waals surface area contributed by atoms with Gasteiger partial charge in [0.15, 0.2) is 0 Å². The van der Waals surface area contributed by atoms with E-state index in [-0.39, 0.29) is 12.2 Å². The fourth-order valence-electron chi connectivity index (χ4n) is 2.05. The third kappa shape index (κ3) is 3.03. The summed E-state index contributed by atoms with van der Waals surface area (Å²) < 4.78 is 5.51. The minimum absolute atomic E-state index is 0.261. The number of aliphatic hydroxyl groups is 1. The first-order valence-electron chi connectivity index (χ1n) is 5.87. The molecule has 0 saturated carbocycles. The summed E-state index contributed by atoms with van der Waals surface area (Å²) in [5.74, 6) is 0. The van der Waals surface area contributed by atoms with E-state index in [9.17, 15) is 5.11 Å².